The second-order valence-electron chi connectivity index (χ2n) is 6.11. The Balaban J connectivity index is 2.00. The summed E-state index contributed by atoms with van der Waals surface area (Å²) < 4.78 is 5.54. The minimum atomic E-state index is 0.627. The number of allylic oxidation sites excluding steroid dienone is 1. The smallest absolute Gasteiger partial charge is 0.0469 e. The first-order chi connectivity index (χ1) is 9.42. The van der Waals surface area contributed by atoms with Crippen molar-refractivity contribution in [3.63, 3.8) is 0 Å². The molecule has 1 heterocycles. The number of hydrogen-bond donors (Lipinski definition) is 1. The van der Waals surface area contributed by atoms with Crippen LogP contribution in [-0.2, 0) is 4.74 Å². The predicted molar refractivity (Wildman–Crippen MR) is 81.4 cm³/mol. The van der Waals surface area contributed by atoms with E-state index >= 15 is 0 Å². The first-order valence-electron chi connectivity index (χ1n) is 8.42. The van der Waals surface area contributed by atoms with E-state index in [0.717, 1.165) is 25.7 Å². The van der Waals surface area contributed by atoms with E-state index in [1.54, 1.807) is 5.57 Å². The minimum absolute atomic E-state index is 0.627. The molecule has 1 fully saturated rings. The second-order valence-corrected chi connectivity index (χ2v) is 6.11. The zero-order valence-corrected chi connectivity index (χ0v) is 12.6. The first kappa shape index (κ1) is 15.1. The first-order valence-corrected chi connectivity index (χ1v) is 8.42. The quantitative estimate of drug-likeness (QED) is 0.757. The van der Waals surface area contributed by atoms with Crippen molar-refractivity contribution in [1.29, 1.82) is 0 Å². The van der Waals surface area contributed by atoms with Gasteiger partial charge in [0.05, 0.1) is 0 Å². The molecule has 0 aromatic carbocycles. The lowest BCUT2D eigenvalue weighted by Crippen LogP contribution is -2.41. The summed E-state index contributed by atoms with van der Waals surface area (Å²) in [5.41, 5.74) is 1.71. The van der Waals surface area contributed by atoms with Crippen LogP contribution in [0.15, 0.2) is 11.6 Å². The molecule has 2 aliphatic rings. The Bertz CT molecular complexity index is 268. The molecule has 2 nitrogen and oxygen atoms in total. The molecule has 1 aliphatic carbocycles. The van der Waals surface area contributed by atoms with Crippen molar-refractivity contribution in [3.05, 3.63) is 11.6 Å². The lowest BCUT2D eigenvalue weighted by atomic mass is 9.83. The van der Waals surface area contributed by atoms with E-state index in [9.17, 15) is 0 Å². The van der Waals surface area contributed by atoms with Crippen LogP contribution in [0.3, 0.4) is 0 Å². The molecule has 19 heavy (non-hydrogen) atoms. The topological polar surface area (TPSA) is 21.3 Å². The summed E-state index contributed by atoms with van der Waals surface area (Å²) >= 11 is 0. The zero-order valence-electron chi connectivity index (χ0n) is 12.6. The molecule has 0 amide bonds. The number of rotatable bonds is 5. The monoisotopic (exact) mass is 265 g/mol. The fraction of sp³-hybridized carbons (Fsp3) is 0.882. The van der Waals surface area contributed by atoms with Gasteiger partial charge in [-0.2, -0.15) is 0 Å². The maximum absolute atomic E-state index is 5.54. The Hall–Kier alpha value is -0.340. The van der Waals surface area contributed by atoms with Gasteiger partial charge < -0.3 is 10.1 Å². The van der Waals surface area contributed by atoms with Crippen LogP contribution < -0.4 is 5.32 Å². The van der Waals surface area contributed by atoms with Crippen LogP contribution in [0.4, 0.5) is 0 Å². The molecule has 1 saturated heterocycles. The van der Waals surface area contributed by atoms with Crippen molar-refractivity contribution in [1.82, 2.24) is 5.32 Å². The summed E-state index contributed by atoms with van der Waals surface area (Å²) in [6, 6.07) is 0.627. The molecule has 1 aliphatic heterocycles. The van der Waals surface area contributed by atoms with Crippen molar-refractivity contribution in [2.45, 2.75) is 70.8 Å². The van der Waals surface area contributed by atoms with Gasteiger partial charge in [-0.3, -0.25) is 0 Å². The van der Waals surface area contributed by atoms with E-state index in [1.165, 1.54) is 57.8 Å². The van der Waals surface area contributed by atoms with Crippen LogP contribution in [0, 0.1) is 5.92 Å². The number of ether oxygens (including phenoxy) is 1. The predicted octanol–water partition coefficient (Wildman–Crippen LogP) is 4.06. The van der Waals surface area contributed by atoms with Gasteiger partial charge in [-0.25, -0.2) is 0 Å². The molecule has 2 heteroatoms. The van der Waals surface area contributed by atoms with Gasteiger partial charge in [0.2, 0.25) is 0 Å². The van der Waals surface area contributed by atoms with Gasteiger partial charge in [0, 0.05) is 19.3 Å². The second kappa shape index (κ2) is 8.76. The van der Waals surface area contributed by atoms with Crippen LogP contribution in [0.1, 0.15) is 64.7 Å². The highest BCUT2D eigenvalue weighted by Crippen LogP contribution is 2.28. The van der Waals surface area contributed by atoms with Crippen LogP contribution >= 0.6 is 0 Å². The molecule has 0 aromatic rings. The lowest BCUT2D eigenvalue weighted by Gasteiger charge is -2.33. The summed E-state index contributed by atoms with van der Waals surface area (Å²) in [6.45, 7) is 5.34. The third kappa shape index (κ3) is 4.92. The van der Waals surface area contributed by atoms with E-state index in [1.807, 2.05) is 0 Å². The van der Waals surface area contributed by atoms with E-state index in [-0.39, 0.29) is 0 Å². The highest BCUT2D eigenvalue weighted by Gasteiger charge is 2.26. The molecule has 0 aromatic heterocycles. The highest BCUT2D eigenvalue weighted by molar-refractivity contribution is 5.13. The third-order valence-corrected chi connectivity index (χ3v) is 4.58. The average Bonchev–Trinajstić information content (AvgIpc) is 2.42. The number of hydrogen-bond acceptors (Lipinski definition) is 2. The van der Waals surface area contributed by atoms with Gasteiger partial charge in [-0.15, -0.1) is 0 Å². The lowest BCUT2D eigenvalue weighted by molar-refractivity contribution is 0.0575. The summed E-state index contributed by atoms with van der Waals surface area (Å²) in [5.74, 6) is 0.797. The van der Waals surface area contributed by atoms with Crippen molar-refractivity contribution in [2.24, 2.45) is 5.92 Å². The maximum atomic E-state index is 5.54. The average molecular weight is 265 g/mol. The third-order valence-electron chi connectivity index (χ3n) is 4.58. The Labute approximate surface area is 119 Å². The Morgan fingerprint density at radius 1 is 1.21 bits per heavy atom. The number of nitrogens with one attached hydrogen (secondary N) is 1. The Morgan fingerprint density at radius 3 is 2.79 bits per heavy atom. The Morgan fingerprint density at radius 2 is 2.00 bits per heavy atom. The van der Waals surface area contributed by atoms with E-state index in [0.29, 0.717) is 6.04 Å². The van der Waals surface area contributed by atoms with Crippen LogP contribution in [-0.4, -0.2) is 25.8 Å². The van der Waals surface area contributed by atoms with Crippen molar-refractivity contribution < 1.29 is 4.74 Å². The van der Waals surface area contributed by atoms with E-state index < -0.39 is 0 Å². The standard InChI is InChI=1S/C17H31NO/c1-2-12-18-17(16-10-13-19-14-11-16)15-8-6-4-3-5-7-9-15/h8,16-18H,2-7,9-14H2,1H3. The van der Waals surface area contributed by atoms with Gasteiger partial charge in [0.1, 0.15) is 0 Å². The van der Waals surface area contributed by atoms with Gasteiger partial charge in [0.25, 0.3) is 0 Å². The van der Waals surface area contributed by atoms with Crippen molar-refractivity contribution in [3.8, 4) is 0 Å². The SMILES string of the molecule is CCCNC(C1=CCCCCCC1)C1CCOCC1. The fourth-order valence-corrected chi connectivity index (χ4v) is 3.45. The molecule has 1 atom stereocenters. The van der Waals surface area contributed by atoms with Crippen molar-refractivity contribution >= 4 is 0 Å². The minimum Gasteiger partial charge on any atom is -0.381 e. The molecule has 0 radical (unpaired) electrons. The normalized spacial score (nSPS) is 24.4. The summed E-state index contributed by atoms with van der Waals surface area (Å²) in [5, 5.41) is 3.83. The Kier molecular flexibility index (Phi) is 6.94. The molecular weight excluding hydrogens is 234 g/mol. The van der Waals surface area contributed by atoms with Gasteiger partial charge >= 0.3 is 0 Å². The van der Waals surface area contributed by atoms with Crippen LogP contribution in [0.5, 0.6) is 0 Å². The summed E-state index contributed by atoms with van der Waals surface area (Å²) in [4.78, 5) is 0. The molecule has 0 saturated carbocycles. The molecule has 1 N–H and O–H groups in total. The van der Waals surface area contributed by atoms with Crippen molar-refractivity contribution in [2.75, 3.05) is 19.8 Å². The molecule has 2 rings (SSSR count). The fourth-order valence-electron chi connectivity index (χ4n) is 3.45. The molecule has 0 spiro atoms. The summed E-state index contributed by atoms with van der Waals surface area (Å²) in [6.07, 6.45) is 14.5. The van der Waals surface area contributed by atoms with E-state index in [4.69, 9.17) is 4.74 Å². The van der Waals surface area contributed by atoms with E-state index in [2.05, 4.69) is 18.3 Å². The highest BCUT2D eigenvalue weighted by atomic mass is 16.5. The molecule has 0 bridgehead atoms. The largest absolute Gasteiger partial charge is 0.381 e. The maximum Gasteiger partial charge on any atom is 0.0469 e. The van der Waals surface area contributed by atoms with Gasteiger partial charge in [0.15, 0.2) is 0 Å². The van der Waals surface area contributed by atoms with Gasteiger partial charge in [-0.1, -0.05) is 31.4 Å². The van der Waals surface area contributed by atoms with Crippen LogP contribution in [0.25, 0.3) is 0 Å². The van der Waals surface area contributed by atoms with Crippen LogP contribution in [0.2, 0.25) is 0 Å². The van der Waals surface area contributed by atoms with Gasteiger partial charge in [-0.05, 0) is 57.4 Å². The summed E-state index contributed by atoms with van der Waals surface area (Å²) in [7, 11) is 0. The zero-order chi connectivity index (χ0) is 13.3. The molecular formula is C17H31NO. The molecule has 1 unspecified atom stereocenters. The molecule has 110 valence electrons.